The Bertz CT molecular complexity index is 1150. The summed E-state index contributed by atoms with van der Waals surface area (Å²) in [5, 5.41) is 3.98. The van der Waals surface area contributed by atoms with E-state index in [1.54, 1.807) is 0 Å². The van der Waals surface area contributed by atoms with Gasteiger partial charge in [-0.05, 0) is 12.1 Å². The maximum atomic E-state index is 13.0. The summed E-state index contributed by atoms with van der Waals surface area (Å²) in [7, 11) is 2.19. The van der Waals surface area contributed by atoms with E-state index < -0.39 is 0 Å². The van der Waals surface area contributed by atoms with Crippen LogP contribution in [0.3, 0.4) is 0 Å². The minimum absolute atomic E-state index is 0.0527. The predicted octanol–water partition coefficient (Wildman–Crippen LogP) is 2.55. The number of hydrogen-bond acceptors (Lipinski definition) is 2. The van der Waals surface area contributed by atoms with Crippen LogP contribution in [0.15, 0.2) is 85.2 Å². The normalized spacial score (nSPS) is 11.9. The molecule has 4 rings (SSSR count). The molecule has 5 heteroatoms. The number of carbonyl (C=O) groups is 1. The number of rotatable bonds is 8. The van der Waals surface area contributed by atoms with Gasteiger partial charge in [0.05, 0.1) is 30.4 Å². The molecule has 0 spiro atoms. The molecule has 156 valence electrons. The van der Waals surface area contributed by atoms with Crippen molar-refractivity contribution in [3.63, 3.8) is 0 Å². The lowest BCUT2D eigenvalue weighted by Crippen LogP contribution is -3.07. The molecule has 1 atom stereocenters. The Balaban J connectivity index is 1.41. The molecule has 4 aromatic rings. The second-order valence-corrected chi connectivity index (χ2v) is 7.84. The van der Waals surface area contributed by atoms with Gasteiger partial charge in [-0.2, -0.15) is 0 Å². The van der Waals surface area contributed by atoms with Crippen LogP contribution in [0, 0.1) is 0 Å². The standard InChI is InChI=1S/C26H26N4O/c1-30(19-20-8-3-2-4-9-20)17-7-14-28-26(31)23-18-25(21-12-15-27-16-13-21)29-24-11-6-5-10-22(23)24/h2-6,8-13,15-16,18H,7,14,17,19H2,1H3,(H,28,31)/p+2. The van der Waals surface area contributed by atoms with Crippen LogP contribution >= 0.6 is 0 Å². The van der Waals surface area contributed by atoms with E-state index in [1.165, 1.54) is 10.5 Å². The molecule has 0 saturated heterocycles. The molecule has 2 aromatic heterocycles. The lowest BCUT2D eigenvalue weighted by Gasteiger charge is -2.14. The van der Waals surface area contributed by atoms with Gasteiger partial charge in [0.25, 0.3) is 5.91 Å². The molecule has 2 heterocycles. The van der Waals surface area contributed by atoms with Crippen LogP contribution < -0.4 is 15.2 Å². The highest BCUT2D eigenvalue weighted by atomic mass is 16.1. The SMILES string of the molecule is C[NH+](CCCNC(=O)c1cc(-c2cc[nH+]cc2)nc2ccccc12)Cc1ccccc1. The number of pyridine rings is 2. The highest BCUT2D eigenvalue weighted by Crippen LogP contribution is 2.24. The third kappa shape index (κ3) is 5.32. The molecule has 5 nitrogen and oxygen atoms in total. The molecule has 0 saturated carbocycles. The number of para-hydroxylation sites is 1. The third-order valence-electron chi connectivity index (χ3n) is 5.39. The van der Waals surface area contributed by atoms with E-state index in [0.717, 1.165) is 41.7 Å². The van der Waals surface area contributed by atoms with Crippen LogP contribution in [-0.4, -0.2) is 31.0 Å². The summed E-state index contributed by atoms with van der Waals surface area (Å²) in [5.41, 5.74) is 4.59. The topological polar surface area (TPSA) is 60.6 Å². The zero-order chi connectivity index (χ0) is 21.5. The molecule has 0 radical (unpaired) electrons. The zero-order valence-electron chi connectivity index (χ0n) is 17.8. The smallest absolute Gasteiger partial charge is 0.252 e. The Labute approximate surface area is 182 Å². The van der Waals surface area contributed by atoms with Gasteiger partial charge in [-0.25, -0.2) is 9.97 Å². The summed E-state index contributed by atoms with van der Waals surface area (Å²) >= 11 is 0. The Morgan fingerprint density at radius 1 is 1.00 bits per heavy atom. The first kappa shape index (κ1) is 20.7. The number of benzene rings is 2. The van der Waals surface area contributed by atoms with Gasteiger partial charge in [-0.1, -0.05) is 48.5 Å². The summed E-state index contributed by atoms with van der Waals surface area (Å²) in [5.74, 6) is -0.0527. The number of H-pyrrole nitrogens is 1. The summed E-state index contributed by atoms with van der Waals surface area (Å²) in [6.07, 6.45) is 4.65. The molecular formula is C26H28N4O+2. The van der Waals surface area contributed by atoms with Crippen molar-refractivity contribution in [2.45, 2.75) is 13.0 Å². The molecule has 1 unspecified atom stereocenters. The lowest BCUT2D eigenvalue weighted by atomic mass is 10.0. The van der Waals surface area contributed by atoms with Crippen molar-refractivity contribution in [3.8, 4) is 11.3 Å². The molecule has 31 heavy (non-hydrogen) atoms. The number of hydrogen-bond donors (Lipinski definition) is 2. The van der Waals surface area contributed by atoms with Crippen molar-refractivity contribution < 1.29 is 14.7 Å². The van der Waals surface area contributed by atoms with Crippen molar-refractivity contribution in [3.05, 3.63) is 96.3 Å². The van der Waals surface area contributed by atoms with Crippen molar-refractivity contribution >= 4 is 16.8 Å². The van der Waals surface area contributed by atoms with Gasteiger partial charge in [0, 0.05) is 41.6 Å². The van der Waals surface area contributed by atoms with Crippen molar-refractivity contribution in [1.82, 2.24) is 10.3 Å². The number of aromatic amines is 1. The first-order valence-electron chi connectivity index (χ1n) is 10.7. The Hall–Kier alpha value is -3.57. The number of quaternary nitrogens is 1. The molecule has 0 aliphatic rings. The number of amides is 1. The fraction of sp³-hybridized carbons (Fsp3) is 0.192. The van der Waals surface area contributed by atoms with E-state index in [2.05, 4.69) is 41.6 Å². The average Bonchev–Trinajstić information content (AvgIpc) is 2.82. The predicted molar refractivity (Wildman–Crippen MR) is 123 cm³/mol. The van der Waals surface area contributed by atoms with Crippen LogP contribution in [-0.2, 0) is 6.54 Å². The summed E-state index contributed by atoms with van der Waals surface area (Å²) < 4.78 is 0. The molecule has 1 amide bonds. The van der Waals surface area contributed by atoms with E-state index >= 15 is 0 Å². The van der Waals surface area contributed by atoms with E-state index in [4.69, 9.17) is 4.98 Å². The van der Waals surface area contributed by atoms with Gasteiger partial charge in [-0.15, -0.1) is 0 Å². The van der Waals surface area contributed by atoms with Gasteiger partial charge in [0.2, 0.25) is 0 Å². The Morgan fingerprint density at radius 3 is 2.55 bits per heavy atom. The minimum Gasteiger partial charge on any atom is -0.352 e. The maximum Gasteiger partial charge on any atom is 0.252 e. The van der Waals surface area contributed by atoms with Gasteiger partial charge in [-0.3, -0.25) is 4.79 Å². The van der Waals surface area contributed by atoms with Crippen LogP contribution in [0.5, 0.6) is 0 Å². The second-order valence-electron chi connectivity index (χ2n) is 7.84. The van der Waals surface area contributed by atoms with E-state index in [0.29, 0.717) is 12.1 Å². The summed E-state index contributed by atoms with van der Waals surface area (Å²) in [6, 6.07) is 24.1. The van der Waals surface area contributed by atoms with Crippen LogP contribution in [0.2, 0.25) is 0 Å². The molecule has 3 N–H and O–H groups in total. The van der Waals surface area contributed by atoms with Crippen molar-refractivity contribution in [2.75, 3.05) is 20.1 Å². The quantitative estimate of drug-likeness (QED) is 0.437. The number of carbonyl (C=O) groups excluding carboxylic acids is 1. The second kappa shape index (κ2) is 9.96. The molecule has 0 fully saturated rings. The van der Waals surface area contributed by atoms with Crippen molar-refractivity contribution in [2.24, 2.45) is 0 Å². The first-order chi connectivity index (χ1) is 15.2. The van der Waals surface area contributed by atoms with Crippen LogP contribution in [0.25, 0.3) is 22.2 Å². The average molecular weight is 413 g/mol. The summed E-state index contributed by atoms with van der Waals surface area (Å²) in [4.78, 5) is 22.2. The van der Waals surface area contributed by atoms with Crippen LogP contribution in [0.1, 0.15) is 22.3 Å². The molecule has 0 aliphatic heterocycles. The Morgan fingerprint density at radius 2 is 1.74 bits per heavy atom. The number of aromatic nitrogens is 2. The van der Waals surface area contributed by atoms with Crippen LogP contribution in [0.4, 0.5) is 0 Å². The fourth-order valence-corrected chi connectivity index (χ4v) is 3.79. The number of nitrogens with zero attached hydrogens (tertiary/aromatic N) is 1. The highest BCUT2D eigenvalue weighted by molar-refractivity contribution is 6.07. The maximum absolute atomic E-state index is 13.0. The monoisotopic (exact) mass is 412 g/mol. The van der Waals surface area contributed by atoms with E-state index in [9.17, 15) is 4.79 Å². The highest BCUT2D eigenvalue weighted by Gasteiger charge is 2.14. The fourth-order valence-electron chi connectivity index (χ4n) is 3.79. The van der Waals surface area contributed by atoms with Gasteiger partial charge >= 0.3 is 0 Å². The number of nitrogens with one attached hydrogen (secondary N) is 3. The molecule has 2 aromatic carbocycles. The van der Waals surface area contributed by atoms with Gasteiger partial charge in [0.15, 0.2) is 12.4 Å². The molecule has 0 aliphatic carbocycles. The molecule has 0 bridgehead atoms. The summed E-state index contributed by atoms with van der Waals surface area (Å²) in [6.45, 7) is 2.64. The van der Waals surface area contributed by atoms with Gasteiger partial charge in [0.1, 0.15) is 6.54 Å². The Kier molecular flexibility index (Phi) is 6.65. The van der Waals surface area contributed by atoms with E-state index in [1.807, 2.05) is 60.9 Å². The zero-order valence-corrected chi connectivity index (χ0v) is 17.8. The first-order valence-corrected chi connectivity index (χ1v) is 10.7. The largest absolute Gasteiger partial charge is 0.352 e. The minimum atomic E-state index is -0.0527. The molecular weight excluding hydrogens is 384 g/mol. The number of fused-ring (bicyclic) bond motifs is 1. The van der Waals surface area contributed by atoms with E-state index in [-0.39, 0.29) is 5.91 Å². The van der Waals surface area contributed by atoms with Crippen molar-refractivity contribution in [1.29, 1.82) is 0 Å². The van der Waals surface area contributed by atoms with Gasteiger partial charge < -0.3 is 10.2 Å². The lowest BCUT2D eigenvalue weighted by molar-refractivity contribution is -0.893. The third-order valence-corrected chi connectivity index (χ3v) is 5.39.